The predicted octanol–water partition coefficient (Wildman–Crippen LogP) is 3.14. The van der Waals surface area contributed by atoms with E-state index in [1.807, 2.05) is 0 Å². The minimum absolute atomic E-state index is 0.0208. The van der Waals surface area contributed by atoms with Gasteiger partial charge < -0.3 is 14.7 Å². The summed E-state index contributed by atoms with van der Waals surface area (Å²) in [5.41, 5.74) is 0. The summed E-state index contributed by atoms with van der Waals surface area (Å²) in [5, 5.41) is 9.64. The molecule has 1 amide bonds. The van der Waals surface area contributed by atoms with Crippen molar-refractivity contribution in [3.05, 3.63) is 35.0 Å². The number of hydrogen-bond donors (Lipinski definition) is 1. The second-order valence-electron chi connectivity index (χ2n) is 5.78. The van der Waals surface area contributed by atoms with E-state index in [-0.39, 0.29) is 30.7 Å². The summed E-state index contributed by atoms with van der Waals surface area (Å²) >= 11 is 1.30. The van der Waals surface area contributed by atoms with Crippen LogP contribution in [0.15, 0.2) is 24.3 Å². The van der Waals surface area contributed by atoms with Gasteiger partial charge in [0.1, 0.15) is 5.82 Å². The van der Waals surface area contributed by atoms with Crippen LogP contribution < -0.4 is 0 Å². The van der Waals surface area contributed by atoms with Crippen molar-refractivity contribution >= 4 is 33.3 Å². The Morgan fingerprint density at radius 1 is 1.29 bits per heavy atom. The van der Waals surface area contributed by atoms with Gasteiger partial charge in [0.2, 0.25) is 0 Å². The average Bonchev–Trinajstić information content (AvgIpc) is 2.98. The van der Waals surface area contributed by atoms with Gasteiger partial charge in [-0.3, -0.25) is 9.59 Å². The number of amides is 1. The number of rotatable bonds is 5. The molecule has 1 aliphatic rings. The van der Waals surface area contributed by atoms with Crippen molar-refractivity contribution in [1.29, 1.82) is 0 Å². The number of benzene rings is 1. The van der Waals surface area contributed by atoms with Gasteiger partial charge in [-0.05, 0) is 42.5 Å². The maximum atomic E-state index is 13.3. The number of aliphatic carboxylic acids is 1. The van der Waals surface area contributed by atoms with Gasteiger partial charge in [-0.25, -0.2) is 4.39 Å². The van der Waals surface area contributed by atoms with Crippen molar-refractivity contribution in [2.75, 3.05) is 19.8 Å². The average molecular weight is 351 g/mol. The molecular formula is C17H18FNO4S. The third kappa shape index (κ3) is 3.73. The van der Waals surface area contributed by atoms with Crippen LogP contribution in [0.25, 0.3) is 10.1 Å². The number of fused-ring (bicyclic) bond motifs is 1. The molecule has 2 aromatic rings. The minimum Gasteiger partial charge on any atom is -0.481 e. The van der Waals surface area contributed by atoms with E-state index in [1.54, 1.807) is 17.0 Å². The Morgan fingerprint density at radius 2 is 2.04 bits per heavy atom. The van der Waals surface area contributed by atoms with Crippen molar-refractivity contribution in [1.82, 2.24) is 4.90 Å². The van der Waals surface area contributed by atoms with E-state index >= 15 is 0 Å². The second kappa shape index (κ2) is 7.27. The number of ether oxygens (including phenoxy) is 1. The molecule has 1 N–H and O–H groups in total. The van der Waals surface area contributed by atoms with Gasteiger partial charge in [0, 0.05) is 30.5 Å². The maximum absolute atomic E-state index is 13.3. The number of carbonyl (C=O) groups excluding carboxylic acids is 1. The minimum atomic E-state index is -0.932. The summed E-state index contributed by atoms with van der Waals surface area (Å²) in [6.07, 6.45) is 1.30. The fraction of sp³-hybridized carbons (Fsp3) is 0.412. The highest BCUT2D eigenvalue weighted by Gasteiger charge is 2.28. The Hall–Kier alpha value is -1.99. The first-order valence-electron chi connectivity index (χ1n) is 7.84. The first kappa shape index (κ1) is 16.9. The molecule has 2 heterocycles. The molecule has 0 bridgehead atoms. The fourth-order valence-corrected chi connectivity index (χ4v) is 3.92. The topological polar surface area (TPSA) is 66.8 Å². The van der Waals surface area contributed by atoms with Crippen LogP contribution in [-0.4, -0.2) is 47.7 Å². The van der Waals surface area contributed by atoms with Crippen molar-refractivity contribution < 1.29 is 23.8 Å². The number of carbonyl (C=O) groups is 2. The SMILES string of the molecule is O=C(O)CCN(C(=O)c1cc2cc(F)ccc2s1)C1CCOCC1. The van der Waals surface area contributed by atoms with Gasteiger partial charge >= 0.3 is 5.97 Å². The van der Waals surface area contributed by atoms with Gasteiger partial charge in [-0.2, -0.15) is 0 Å². The van der Waals surface area contributed by atoms with Gasteiger partial charge in [0.05, 0.1) is 11.3 Å². The summed E-state index contributed by atoms with van der Waals surface area (Å²) < 4.78 is 19.5. The Balaban J connectivity index is 1.86. The first-order chi connectivity index (χ1) is 11.5. The predicted molar refractivity (Wildman–Crippen MR) is 88.9 cm³/mol. The molecule has 0 aliphatic carbocycles. The van der Waals surface area contributed by atoms with Crippen LogP contribution >= 0.6 is 11.3 Å². The lowest BCUT2D eigenvalue weighted by atomic mass is 10.1. The van der Waals surface area contributed by atoms with Crippen molar-refractivity contribution in [2.24, 2.45) is 0 Å². The summed E-state index contributed by atoms with van der Waals surface area (Å²) in [6, 6.07) is 6.08. The number of carboxylic acid groups (broad SMARTS) is 1. The first-order valence-corrected chi connectivity index (χ1v) is 8.66. The van der Waals surface area contributed by atoms with Crippen LogP contribution in [0.1, 0.15) is 28.9 Å². The Labute approximate surface area is 142 Å². The van der Waals surface area contributed by atoms with Gasteiger partial charge in [0.25, 0.3) is 5.91 Å². The molecule has 1 saturated heterocycles. The largest absolute Gasteiger partial charge is 0.481 e. The zero-order chi connectivity index (χ0) is 17.1. The molecular weight excluding hydrogens is 333 g/mol. The molecule has 1 aromatic heterocycles. The van der Waals surface area contributed by atoms with E-state index in [0.717, 1.165) is 4.70 Å². The van der Waals surface area contributed by atoms with E-state index in [1.165, 1.54) is 23.5 Å². The molecule has 0 unspecified atom stereocenters. The van der Waals surface area contributed by atoms with E-state index in [4.69, 9.17) is 9.84 Å². The molecule has 0 atom stereocenters. The van der Waals surface area contributed by atoms with Gasteiger partial charge in [-0.1, -0.05) is 0 Å². The fourth-order valence-electron chi connectivity index (χ4n) is 2.92. The zero-order valence-electron chi connectivity index (χ0n) is 13.0. The third-order valence-electron chi connectivity index (χ3n) is 4.15. The Bertz CT molecular complexity index is 754. The zero-order valence-corrected chi connectivity index (χ0v) is 13.9. The number of thiophene rings is 1. The molecule has 1 aromatic carbocycles. The van der Waals surface area contributed by atoms with Crippen LogP contribution in [0.4, 0.5) is 4.39 Å². The van der Waals surface area contributed by atoms with Crippen LogP contribution in [0.5, 0.6) is 0 Å². The molecule has 5 nitrogen and oxygen atoms in total. The number of carboxylic acids is 1. The van der Waals surface area contributed by atoms with Gasteiger partial charge in [-0.15, -0.1) is 11.3 Å². The molecule has 1 fully saturated rings. The smallest absolute Gasteiger partial charge is 0.305 e. The van der Waals surface area contributed by atoms with E-state index in [9.17, 15) is 14.0 Å². The molecule has 1 aliphatic heterocycles. The number of hydrogen-bond acceptors (Lipinski definition) is 4. The van der Waals surface area contributed by atoms with Crippen molar-refractivity contribution in [2.45, 2.75) is 25.3 Å². The monoisotopic (exact) mass is 351 g/mol. The van der Waals surface area contributed by atoms with Crippen LogP contribution in [0.2, 0.25) is 0 Å². The lowest BCUT2D eigenvalue weighted by Gasteiger charge is -2.33. The quantitative estimate of drug-likeness (QED) is 0.899. The summed E-state index contributed by atoms with van der Waals surface area (Å²) in [6.45, 7) is 1.31. The maximum Gasteiger partial charge on any atom is 0.305 e. The summed E-state index contributed by atoms with van der Waals surface area (Å²) in [7, 11) is 0. The normalized spacial score (nSPS) is 15.5. The highest BCUT2D eigenvalue weighted by Crippen LogP contribution is 2.28. The third-order valence-corrected chi connectivity index (χ3v) is 5.25. The van der Waals surface area contributed by atoms with Crippen molar-refractivity contribution in [3.8, 4) is 0 Å². The lowest BCUT2D eigenvalue weighted by Crippen LogP contribution is -2.44. The lowest BCUT2D eigenvalue weighted by molar-refractivity contribution is -0.137. The highest BCUT2D eigenvalue weighted by molar-refractivity contribution is 7.20. The van der Waals surface area contributed by atoms with Gasteiger partial charge in [0.15, 0.2) is 0 Å². The standard InChI is InChI=1S/C17H18FNO4S/c18-12-1-2-14-11(9-12)10-15(24-14)17(22)19(6-3-16(20)21)13-4-7-23-8-5-13/h1-2,9-10,13H,3-8H2,(H,20,21). The molecule has 3 rings (SSSR count). The highest BCUT2D eigenvalue weighted by atomic mass is 32.1. The summed E-state index contributed by atoms with van der Waals surface area (Å²) in [5.74, 6) is -1.46. The molecule has 0 radical (unpaired) electrons. The number of halogens is 1. The molecule has 7 heteroatoms. The molecule has 24 heavy (non-hydrogen) atoms. The Kier molecular flexibility index (Phi) is 5.11. The van der Waals surface area contributed by atoms with Crippen LogP contribution in [-0.2, 0) is 9.53 Å². The summed E-state index contributed by atoms with van der Waals surface area (Å²) in [4.78, 5) is 26.0. The molecule has 0 saturated carbocycles. The van der Waals surface area contributed by atoms with Crippen LogP contribution in [0, 0.1) is 5.82 Å². The number of nitrogens with zero attached hydrogens (tertiary/aromatic N) is 1. The molecule has 128 valence electrons. The van der Waals surface area contributed by atoms with E-state index in [0.29, 0.717) is 36.3 Å². The molecule has 0 spiro atoms. The van der Waals surface area contributed by atoms with E-state index < -0.39 is 5.97 Å². The Morgan fingerprint density at radius 3 is 2.75 bits per heavy atom. The van der Waals surface area contributed by atoms with Crippen molar-refractivity contribution in [3.63, 3.8) is 0 Å². The second-order valence-corrected chi connectivity index (χ2v) is 6.86. The van der Waals surface area contributed by atoms with E-state index in [2.05, 4.69) is 0 Å². The van der Waals surface area contributed by atoms with Crippen LogP contribution in [0.3, 0.4) is 0 Å².